The lowest BCUT2D eigenvalue weighted by atomic mass is 10.1. The summed E-state index contributed by atoms with van der Waals surface area (Å²) in [4.78, 5) is 13.8. The molecule has 0 saturated heterocycles. The van der Waals surface area contributed by atoms with Crippen molar-refractivity contribution in [3.63, 3.8) is 0 Å². The molecule has 0 bridgehead atoms. The normalized spacial score (nSPS) is 10.8. The molecule has 10 nitrogen and oxygen atoms in total. The Bertz CT molecular complexity index is 2780. The van der Waals surface area contributed by atoms with E-state index in [1.165, 1.54) is 11.1 Å². The molecular formula is C47H46F3N9O. The van der Waals surface area contributed by atoms with Gasteiger partial charge in [0.2, 0.25) is 6.86 Å². The maximum Gasteiger partial charge on any atom is 0.228 e. The van der Waals surface area contributed by atoms with Gasteiger partial charge in [0.15, 0.2) is 0 Å². The van der Waals surface area contributed by atoms with Gasteiger partial charge >= 0.3 is 0 Å². The lowest BCUT2D eigenvalue weighted by Crippen LogP contribution is -2.02. The molecule has 9 rings (SSSR count). The highest BCUT2D eigenvalue weighted by molar-refractivity contribution is 5.68. The standard InChI is InChI=1S/2C16H16FN3.C15H14FN3O/c1-12-2-4-13(5-3-12)15-11-20-9-6-14(18-8-7-17)10-16(20)19-15;1-12-3-2-4-13(9-12)15-11-20-8-5-14(18-7-6-17)10-16(20)19-15;1-17-12-6-7-19-9-14(18-15(19)8-12)11-2-4-13(5-3-11)20-10-16/h2-6,9-11,18H,7-8H2,1H3;2-5,8-11,18H,6-7H2,1H3;2-9,17H,10H2,1H3. The van der Waals surface area contributed by atoms with Gasteiger partial charge < -0.3 is 33.9 Å². The molecule has 3 N–H and O–H groups in total. The summed E-state index contributed by atoms with van der Waals surface area (Å²) in [5, 5.41) is 9.12. The number of alkyl halides is 3. The molecule has 0 aliphatic carbocycles. The van der Waals surface area contributed by atoms with E-state index in [0.29, 0.717) is 18.8 Å². The molecule has 60 heavy (non-hydrogen) atoms. The Morgan fingerprint density at radius 3 is 1.45 bits per heavy atom. The minimum Gasteiger partial charge on any atom is -0.463 e. The number of hydrogen-bond acceptors (Lipinski definition) is 7. The van der Waals surface area contributed by atoms with E-state index in [-0.39, 0.29) is 13.3 Å². The van der Waals surface area contributed by atoms with Gasteiger partial charge in [0.1, 0.15) is 36.0 Å². The van der Waals surface area contributed by atoms with Crippen LogP contribution < -0.4 is 20.7 Å². The summed E-state index contributed by atoms with van der Waals surface area (Å²) in [6, 6.07) is 35.4. The fourth-order valence-electron chi connectivity index (χ4n) is 6.44. The molecule has 13 heteroatoms. The summed E-state index contributed by atoms with van der Waals surface area (Å²) in [6.07, 6.45) is 11.8. The van der Waals surface area contributed by atoms with Crippen LogP contribution in [0.4, 0.5) is 30.2 Å². The molecule has 0 saturated carbocycles. The maximum atomic E-state index is 12.2. The Morgan fingerprint density at radius 2 is 0.983 bits per heavy atom. The SMILES string of the molecule is CNc1ccn2cc(-c3ccc(OCF)cc3)nc2c1.Cc1ccc(-c2cn3ccc(NCCF)cc3n2)cc1.Cc1cccc(-c2cn3ccc(NCCF)cc3n2)c1. The summed E-state index contributed by atoms with van der Waals surface area (Å²) in [5.41, 5.74) is 13.7. The minimum absolute atomic E-state index is 0.321. The van der Waals surface area contributed by atoms with Gasteiger partial charge in [0.25, 0.3) is 0 Å². The van der Waals surface area contributed by atoms with Gasteiger partial charge in [-0.25, -0.2) is 28.1 Å². The molecule has 306 valence electrons. The molecule has 6 heterocycles. The zero-order valence-corrected chi connectivity index (χ0v) is 33.6. The Kier molecular flexibility index (Phi) is 13.3. The number of nitrogens with zero attached hydrogens (tertiary/aromatic N) is 6. The fourth-order valence-corrected chi connectivity index (χ4v) is 6.44. The number of anilines is 3. The topological polar surface area (TPSA) is 97.2 Å². The van der Waals surface area contributed by atoms with Gasteiger partial charge in [0.05, 0.1) is 17.1 Å². The molecule has 0 aliphatic heterocycles. The van der Waals surface area contributed by atoms with E-state index < -0.39 is 6.86 Å². The van der Waals surface area contributed by atoms with Gasteiger partial charge in [-0.15, -0.1) is 0 Å². The van der Waals surface area contributed by atoms with Crippen LogP contribution in [0, 0.1) is 13.8 Å². The zero-order chi connectivity index (χ0) is 41.8. The number of benzene rings is 3. The van der Waals surface area contributed by atoms with Crippen LogP contribution in [0.2, 0.25) is 0 Å². The lowest BCUT2D eigenvalue weighted by molar-refractivity contribution is 0.192. The van der Waals surface area contributed by atoms with E-state index in [4.69, 9.17) is 4.74 Å². The van der Waals surface area contributed by atoms with Crippen LogP contribution in [0.5, 0.6) is 5.75 Å². The van der Waals surface area contributed by atoms with E-state index in [9.17, 15) is 13.2 Å². The Labute approximate surface area is 346 Å². The molecule has 0 unspecified atom stereocenters. The van der Waals surface area contributed by atoms with Crippen LogP contribution in [-0.4, -0.2) is 68.5 Å². The van der Waals surface area contributed by atoms with Gasteiger partial charge in [-0.1, -0.05) is 53.6 Å². The highest BCUT2D eigenvalue weighted by Crippen LogP contribution is 2.25. The average molecular weight is 810 g/mol. The lowest BCUT2D eigenvalue weighted by Gasteiger charge is -2.03. The third-order valence-corrected chi connectivity index (χ3v) is 9.55. The molecule has 9 aromatic rings. The Morgan fingerprint density at radius 1 is 0.517 bits per heavy atom. The second kappa shape index (κ2) is 19.4. The Balaban J connectivity index is 0.000000136. The van der Waals surface area contributed by atoms with Crippen molar-refractivity contribution in [1.29, 1.82) is 0 Å². The maximum absolute atomic E-state index is 12.2. The van der Waals surface area contributed by atoms with Crippen LogP contribution in [0.15, 0.2) is 146 Å². The number of nitrogens with one attached hydrogen (secondary N) is 3. The summed E-state index contributed by atoms with van der Waals surface area (Å²) >= 11 is 0. The summed E-state index contributed by atoms with van der Waals surface area (Å²) < 4.78 is 47.1. The number of pyridine rings is 3. The molecular weight excluding hydrogens is 764 g/mol. The van der Waals surface area contributed by atoms with Crippen molar-refractivity contribution >= 4 is 34.0 Å². The number of aryl methyl sites for hydroxylation is 2. The van der Waals surface area contributed by atoms with Crippen LogP contribution in [0.1, 0.15) is 11.1 Å². The average Bonchev–Trinajstić information content (AvgIpc) is 4.02. The number of aromatic nitrogens is 6. The summed E-state index contributed by atoms with van der Waals surface area (Å²) in [5.74, 6) is 0.512. The number of halogens is 3. The zero-order valence-electron chi connectivity index (χ0n) is 33.6. The van der Waals surface area contributed by atoms with E-state index in [1.54, 1.807) is 12.1 Å². The van der Waals surface area contributed by atoms with Crippen molar-refractivity contribution in [3.05, 3.63) is 158 Å². The quantitative estimate of drug-likeness (QED) is 0.113. The summed E-state index contributed by atoms with van der Waals surface area (Å²) in [6.45, 7) is 3.20. The monoisotopic (exact) mass is 809 g/mol. The molecule has 0 aliphatic rings. The van der Waals surface area contributed by atoms with Gasteiger partial charge in [-0.3, -0.25) is 0 Å². The number of fused-ring (bicyclic) bond motifs is 3. The second-order valence-corrected chi connectivity index (χ2v) is 13.9. The molecule has 0 spiro atoms. The van der Waals surface area contributed by atoms with Crippen molar-refractivity contribution in [3.8, 4) is 39.5 Å². The highest BCUT2D eigenvalue weighted by atomic mass is 19.1. The second-order valence-electron chi connectivity index (χ2n) is 13.9. The van der Waals surface area contributed by atoms with Crippen molar-refractivity contribution in [2.24, 2.45) is 0 Å². The highest BCUT2D eigenvalue weighted by Gasteiger charge is 2.08. The molecule has 0 fully saturated rings. The first-order valence-electron chi connectivity index (χ1n) is 19.5. The molecule has 0 atom stereocenters. The fraction of sp³-hybridized carbons (Fsp3) is 0.170. The minimum atomic E-state index is -0.819. The summed E-state index contributed by atoms with van der Waals surface area (Å²) in [7, 11) is 1.87. The van der Waals surface area contributed by atoms with Gasteiger partial charge in [-0.2, -0.15) is 0 Å². The largest absolute Gasteiger partial charge is 0.463 e. The van der Waals surface area contributed by atoms with Gasteiger partial charge in [0, 0.05) is 109 Å². The van der Waals surface area contributed by atoms with E-state index in [1.807, 2.05) is 112 Å². The van der Waals surface area contributed by atoms with Crippen molar-refractivity contribution in [1.82, 2.24) is 28.2 Å². The first kappa shape index (κ1) is 40.9. The third kappa shape index (κ3) is 10.2. The number of imidazole rings is 3. The molecule has 0 radical (unpaired) electrons. The van der Waals surface area contributed by atoms with Crippen molar-refractivity contribution in [2.75, 3.05) is 56.3 Å². The van der Waals surface area contributed by atoms with E-state index in [2.05, 4.69) is 87.2 Å². The first-order valence-corrected chi connectivity index (χ1v) is 19.5. The van der Waals surface area contributed by atoms with E-state index in [0.717, 1.165) is 67.8 Å². The first-order chi connectivity index (χ1) is 29.3. The van der Waals surface area contributed by atoms with Crippen molar-refractivity contribution in [2.45, 2.75) is 13.8 Å². The van der Waals surface area contributed by atoms with Crippen LogP contribution in [-0.2, 0) is 0 Å². The predicted molar refractivity (Wildman–Crippen MR) is 236 cm³/mol. The van der Waals surface area contributed by atoms with E-state index >= 15 is 0 Å². The van der Waals surface area contributed by atoms with Crippen LogP contribution in [0.25, 0.3) is 50.7 Å². The third-order valence-electron chi connectivity index (χ3n) is 9.55. The molecule has 0 amide bonds. The number of rotatable bonds is 12. The van der Waals surface area contributed by atoms with Crippen LogP contribution >= 0.6 is 0 Å². The predicted octanol–water partition coefficient (Wildman–Crippen LogP) is 10.7. The number of ether oxygens (including phenoxy) is 1. The number of hydrogen-bond donors (Lipinski definition) is 3. The molecule has 6 aromatic heterocycles. The van der Waals surface area contributed by atoms with Crippen LogP contribution in [0.3, 0.4) is 0 Å². The molecule has 3 aromatic carbocycles. The Hall–Kier alpha value is -7.28. The van der Waals surface area contributed by atoms with Gasteiger partial charge in [-0.05, 0) is 62.4 Å². The van der Waals surface area contributed by atoms with Crippen molar-refractivity contribution < 1.29 is 17.9 Å². The smallest absolute Gasteiger partial charge is 0.228 e.